The van der Waals surface area contributed by atoms with E-state index in [0.717, 1.165) is 36.7 Å². The van der Waals surface area contributed by atoms with Gasteiger partial charge in [0.1, 0.15) is 23.0 Å². The summed E-state index contributed by atoms with van der Waals surface area (Å²) in [5, 5.41) is 5.98. The molecule has 4 aromatic rings. The molecule has 2 fully saturated rings. The van der Waals surface area contributed by atoms with Gasteiger partial charge in [-0.2, -0.15) is 0 Å². The van der Waals surface area contributed by atoms with Gasteiger partial charge >= 0.3 is 0 Å². The normalized spacial score (nSPS) is 18.5. The zero-order chi connectivity index (χ0) is 27.1. The minimum Gasteiger partial charge on any atom is -0.457 e. The van der Waals surface area contributed by atoms with Crippen LogP contribution in [0.4, 0.5) is 17.5 Å². The second-order valence-corrected chi connectivity index (χ2v) is 10.5. The van der Waals surface area contributed by atoms with Crippen LogP contribution in [-0.2, 0) is 23.1 Å². The number of methoxy groups -OCH3 is 1. The first-order chi connectivity index (χ1) is 18.9. The van der Waals surface area contributed by atoms with E-state index >= 15 is 0 Å². The number of nitrogens with zero attached hydrogens (tertiary/aromatic N) is 4. The molecule has 0 spiro atoms. The first-order valence-electron chi connectivity index (χ1n) is 13.3. The van der Waals surface area contributed by atoms with E-state index < -0.39 is 0 Å². The zero-order valence-electron chi connectivity index (χ0n) is 22.3. The molecule has 0 saturated heterocycles. The smallest absolute Gasteiger partial charge is 0.274 e. The molecule has 1 unspecified atom stereocenters. The molecule has 3 heterocycles. The van der Waals surface area contributed by atoms with Crippen LogP contribution in [0.5, 0.6) is 11.5 Å². The van der Waals surface area contributed by atoms with Crippen molar-refractivity contribution in [2.24, 2.45) is 13.0 Å². The average molecular weight is 529 g/mol. The molecule has 202 valence electrons. The molecule has 39 heavy (non-hydrogen) atoms. The Morgan fingerprint density at radius 1 is 1.10 bits per heavy atom. The van der Waals surface area contributed by atoms with Gasteiger partial charge in [0.25, 0.3) is 5.56 Å². The Morgan fingerprint density at radius 2 is 1.92 bits per heavy atom. The highest BCUT2D eigenvalue weighted by atomic mass is 16.5. The summed E-state index contributed by atoms with van der Waals surface area (Å²) in [6, 6.07) is 11.0. The monoisotopic (exact) mass is 528 g/mol. The fraction of sp³-hybridized carbons (Fsp3) is 0.379. The Bertz CT molecular complexity index is 1600. The van der Waals surface area contributed by atoms with Crippen molar-refractivity contribution in [3.63, 3.8) is 0 Å². The van der Waals surface area contributed by atoms with E-state index in [-0.39, 0.29) is 17.6 Å². The van der Waals surface area contributed by atoms with Crippen LogP contribution in [0.2, 0.25) is 0 Å². The molecule has 2 saturated carbocycles. The lowest BCUT2D eigenvalue weighted by Gasteiger charge is -2.35. The lowest BCUT2D eigenvalue weighted by molar-refractivity contribution is -0.114. The minimum atomic E-state index is -0.201. The number of aryl methyl sites for hydroxylation is 1. The van der Waals surface area contributed by atoms with Crippen LogP contribution in [0.1, 0.15) is 44.1 Å². The molecule has 10 heteroatoms. The van der Waals surface area contributed by atoms with Crippen LogP contribution in [0.25, 0.3) is 11.0 Å². The third kappa shape index (κ3) is 5.24. The van der Waals surface area contributed by atoms with E-state index in [2.05, 4.69) is 15.6 Å². The summed E-state index contributed by atoms with van der Waals surface area (Å²) < 4.78 is 15.4. The van der Waals surface area contributed by atoms with Gasteiger partial charge in [-0.1, -0.05) is 0 Å². The lowest BCUT2D eigenvalue weighted by Crippen LogP contribution is -2.38. The summed E-state index contributed by atoms with van der Waals surface area (Å²) in [5.41, 5.74) is 3.30. The average Bonchev–Trinajstić information content (AvgIpc) is 3.69. The topological polar surface area (TPSA) is 112 Å². The maximum Gasteiger partial charge on any atom is 0.274 e. The summed E-state index contributed by atoms with van der Waals surface area (Å²) in [5.74, 6) is 2.83. The first-order valence-corrected chi connectivity index (χ1v) is 13.3. The number of amides is 1. The van der Waals surface area contributed by atoms with Crippen molar-refractivity contribution in [3.8, 4) is 11.5 Å². The van der Waals surface area contributed by atoms with Crippen LogP contribution >= 0.6 is 0 Å². The Morgan fingerprint density at radius 3 is 2.64 bits per heavy atom. The van der Waals surface area contributed by atoms with Crippen LogP contribution in [-0.4, -0.2) is 38.2 Å². The Kier molecular flexibility index (Phi) is 6.56. The minimum absolute atomic E-state index is 0.0510. The molecule has 0 radical (unpaired) electrons. The molecule has 2 aliphatic carbocycles. The van der Waals surface area contributed by atoms with Crippen LogP contribution < -0.4 is 20.9 Å². The lowest BCUT2D eigenvalue weighted by atomic mass is 9.81. The van der Waals surface area contributed by atoms with Crippen molar-refractivity contribution in [2.45, 2.75) is 51.2 Å². The molecule has 1 aromatic carbocycles. The fourth-order valence-corrected chi connectivity index (χ4v) is 5.16. The molecule has 0 aliphatic heterocycles. The van der Waals surface area contributed by atoms with Gasteiger partial charge in [0.2, 0.25) is 11.9 Å². The van der Waals surface area contributed by atoms with Crippen LogP contribution in [0.15, 0.2) is 53.6 Å². The fourth-order valence-electron chi connectivity index (χ4n) is 5.16. The molecular formula is C29H32N6O4. The van der Waals surface area contributed by atoms with Gasteiger partial charge in [0.15, 0.2) is 0 Å². The molecule has 3 aromatic heterocycles. The molecule has 1 amide bonds. The highest BCUT2D eigenvalue weighted by Gasteiger charge is 2.32. The number of anilines is 3. The highest BCUT2D eigenvalue weighted by Crippen LogP contribution is 2.41. The maximum absolute atomic E-state index is 13.5. The largest absolute Gasteiger partial charge is 0.457 e. The number of rotatable bonds is 9. The van der Waals surface area contributed by atoms with Crippen molar-refractivity contribution in [3.05, 3.63) is 64.7 Å². The van der Waals surface area contributed by atoms with E-state index in [1.807, 2.05) is 46.6 Å². The zero-order valence-corrected chi connectivity index (χ0v) is 22.3. The molecule has 0 bridgehead atoms. The van der Waals surface area contributed by atoms with Gasteiger partial charge in [-0.05, 0) is 61.4 Å². The quantitative estimate of drug-likeness (QED) is 0.317. The van der Waals surface area contributed by atoms with Gasteiger partial charge in [-0.15, -0.1) is 0 Å². The summed E-state index contributed by atoms with van der Waals surface area (Å²) in [7, 11) is 3.65. The van der Waals surface area contributed by atoms with E-state index in [0.29, 0.717) is 47.3 Å². The number of carbonyl (C=O) groups is 1. The number of carbonyl (C=O) groups excluding carboxylic acids is 1. The predicted molar refractivity (Wildman–Crippen MR) is 149 cm³/mol. The van der Waals surface area contributed by atoms with E-state index in [1.165, 1.54) is 12.5 Å². The summed E-state index contributed by atoms with van der Waals surface area (Å²) >= 11 is 0. The highest BCUT2D eigenvalue weighted by molar-refractivity contribution is 5.87. The number of fused-ring (bicyclic) bond motifs is 1. The Hall–Kier alpha value is -4.18. The van der Waals surface area contributed by atoms with Gasteiger partial charge in [0.05, 0.1) is 17.1 Å². The summed E-state index contributed by atoms with van der Waals surface area (Å²) in [6.07, 6.45) is 8.26. The second-order valence-electron chi connectivity index (χ2n) is 10.5. The van der Waals surface area contributed by atoms with Gasteiger partial charge < -0.3 is 29.2 Å². The number of benzene rings is 1. The van der Waals surface area contributed by atoms with Gasteiger partial charge in [-0.25, -0.2) is 9.97 Å². The number of ether oxygens (including phenoxy) is 2. The van der Waals surface area contributed by atoms with Crippen LogP contribution in [0.3, 0.4) is 0 Å². The Balaban J connectivity index is 1.27. The molecule has 6 rings (SSSR count). The van der Waals surface area contributed by atoms with Gasteiger partial charge in [-0.3, -0.25) is 9.59 Å². The van der Waals surface area contributed by atoms with Crippen molar-refractivity contribution in [1.82, 2.24) is 19.1 Å². The number of imidazole rings is 1. The second kappa shape index (κ2) is 10.2. The number of aromatic nitrogens is 4. The number of hydrogen-bond acceptors (Lipinski definition) is 7. The summed E-state index contributed by atoms with van der Waals surface area (Å²) in [4.78, 5) is 33.7. The SMILES string of the molecule is CO[C@@H]1CCC1Cn1cc(C2CC2)cc(Nc2nc3ccc(Oc4ccnc(NC(C)=O)c4)cc3n2C)c1=O. The number of pyridine rings is 2. The Labute approximate surface area is 226 Å². The van der Waals surface area contributed by atoms with Crippen LogP contribution in [0, 0.1) is 5.92 Å². The number of nitrogens with one attached hydrogen (secondary N) is 2. The van der Waals surface area contributed by atoms with E-state index in [9.17, 15) is 9.59 Å². The molecule has 2 aliphatic rings. The maximum atomic E-state index is 13.5. The molecule has 10 nitrogen and oxygen atoms in total. The standard InChI is InChI=1S/C29H32N6O4/c1-17(36)31-27-14-22(10-11-30-27)39-21-7-8-23-25(13-21)34(2)29(32-23)33-24-12-20(18-4-5-18)16-35(28(24)37)15-19-6-9-26(19)38-3/h7-8,10-14,16,18-19,26H,4-6,9,15H2,1-3H3,(H,32,33)(H,30,31,36)/t19?,26-/m1/s1. The third-order valence-corrected chi connectivity index (χ3v) is 7.61. The molecular weight excluding hydrogens is 496 g/mol. The van der Waals surface area contributed by atoms with E-state index in [4.69, 9.17) is 14.5 Å². The molecule has 2 N–H and O–H groups in total. The van der Waals surface area contributed by atoms with Crippen molar-refractivity contribution >= 4 is 34.4 Å². The summed E-state index contributed by atoms with van der Waals surface area (Å²) in [6.45, 7) is 2.09. The van der Waals surface area contributed by atoms with Crippen molar-refractivity contribution in [2.75, 3.05) is 17.7 Å². The van der Waals surface area contributed by atoms with E-state index in [1.54, 1.807) is 25.4 Å². The third-order valence-electron chi connectivity index (χ3n) is 7.61. The van der Waals surface area contributed by atoms with Crippen molar-refractivity contribution in [1.29, 1.82) is 0 Å². The molecule has 2 atom stereocenters. The van der Waals surface area contributed by atoms with Crippen molar-refractivity contribution < 1.29 is 14.3 Å². The first kappa shape index (κ1) is 25.1. The van der Waals surface area contributed by atoms with Gasteiger partial charge in [0, 0.05) is 58.1 Å². The predicted octanol–water partition coefficient (Wildman–Crippen LogP) is 4.93. The number of hydrogen-bond donors (Lipinski definition) is 2.